The highest BCUT2D eigenvalue weighted by Gasteiger charge is 2.48. The fourth-order valence-electron chi connectivity index (χ4n) is 3.28. The topological polar surface area (TPSA) is 146 Å². The summed E-state index contributed by atoms with van der Waals surface area (Å²) in [5, 5.41) is 48.7. The minimum atomic E-state index is -1.85. The second-order valence-corrected chi connectivity index (χ2v) is 8.74. The molecule has 0 bridgehead atoms. The summed E-state index contributed by atoms with van der Waals surface area (Å²) in [4.78, 5) is 0. The third-order valence-corrected chi connectivity index (χ3v) is 6.76. The van der Waals surface area contributed by atoms with Crippen molar-refractivity contribution in [1.29, 1.82) is 0 Å². The van der Waals surface area contributed by atoms with E-state index in [1.165, 1.54) is 0 Å². The molecule has 2 heterocycles. The fourth-order valence-corrected chi connectivity index (χ4v) is 4.95. The van der Waals surface area contributed by atoms with Crippen LogP contribution in [0.15, 0.2) is 30.3 Å². The average Bonchev–Trinajstić information content (AvgIpc) is 2.71. The van der Waals surface area contributed by atoms with Gasteiger partial charge in [-0.25, -0.2) is 0 Å². The van der Waals surface area contributed by atoms with E-state index in [9.17, 15) is 29.7 Å². The van der Waals surface area contributed by atoms with E-state index in [-0.39, 0.29) is 19.6 Å². The second kappa shape index (κ2) is 9.70. The van der Waals surface area contributed by atoms with Crippen LogP contribution in [-0.2, 0) is 31.6 Å². The lowest BCUT2D eigenvalue weighted by atomic mass is 10.0. The molecule has 0 aliphatic carbocycles. The lowest BCUT2D eigenvalue weighted by molar-refractivity contribution is -0.220. The van der Waals surface area contributed by atoms with E-state index in [0.29, 0.717) is 0 Å². The van der Waals surface area contributed by atoms with E-state index in [4.69, 9.17) is 14.2 Å². The molecule has 28 heavy (non-hydrogen) atoms. The van der Waals surface area contributed by atoms with Gasteiger partial charge < -0.3 is 39.7 Å². The van der Waals surface area contributed by atoms with Crippen LogP contribution in [0.25, 0.3) is 0 Å². The Labute approximate surface area is 164 Å². The second-order valence-electron chi connectivity index (χ2n) is 6.95. The largest absolute Gasteiger partial charge is 0.394 e. The number of benzene rings is 1. The van der Waals surface area contributed by atoms with Gasteiger partial charge in [-0.1, -0.05) is 30.3 Å². The van der Waals surface area contributed by atoms with Gasteiger partial charge in [0.1, 0.15) is 30.5 Å². The van der Waals surface area contributed by atoms with Gasteiger partial charge in [0.05, 0.1) is 35.9 Å². The summed E-state index contributed by atoms with van der Waals surface area (Å²) in [7, 11) is -1.85. The summed E-state index contributed by atoms with van der Waals surface area (Å²) >= 11 is 0. The number of ether oxygens (including phenoxy) is 3. The summed E-state index contributed by atoms with van der Waals surface area (Å²) in [5.41, 5.74) is -0.400. The van der Waals surface area contributed by atoms with Crippen molar-refractivity contribution in [3.05, 3.63) is 35.9 Å². The first-order valence-corrected chi connectivity index (χ1v) is 10.3. The molecule has 10 heteroatoms. The molecule has 9 atom stereocenters. The van der Waals surface area contributed by atoms with E-state index in [2.05, 4.69) is 0 Å². The first-order valence-electron chi connectivity index (χ1n) is 9.07. The summed E-state index contributed by atoms with van der Waals surface area (Å²) in [6.07, 6.45) is -7.67. The SMILES string of the molecule is O=S([C@@H]1CO[C@@H](OCc2ccccc2)[C@@H](O)C1)[C@@H]1O[C@H](CO)[C@H](O)[C@H](O)[C@H]1O. The van der Waals surface area contributed by atoms with Crippen LogP contribution >= 0.6 is 0 Å². The van der Waals surface area contributed by atoms with Crippen LogP contribution in [0.5, 0.6) is 0 Å². The van der Waals surface area contributed by atoms with Crippen molar-refractivity contribution >= 4 is 10.8 Å². The smallest absolute Gasteiger partial charge is 0.183 e. The molecule has 0 spiro atoms. The molecule has 5 N–H and O–H groups in total. The van der Waals surface area contributed by atoms with Crippen LogP contribution < -0.4 is 0 Å². The zero-order valence-corrected chi connectivity index (χ0v) is 15.9. The third kappa shape index (κ3) is 4.78. The average molecular weight is 418 g/mol. The lowest BCUT2D eigenvalue weighted by Crippen LogP contribution is -2.61. The van der Waals surface area contributed by atoms with Gasteiger partial charge in [-0.2, -0.15) is 0 Å². The predicted molar refractivity (Wildman–Crippen MR) is 97.3 cm³/mol. The van der Waals surface area contributed by atoms with E-state index >= 15 is 0 Å². The van der Waals surface area contributed by atoms with Gasteiger partial charge in [-0.05, 0) is 12.0 Å². The highest BCUT2D eigenvalue weighted by Crippen LogP contribution is 2.28. The van der Waals surface area contributed by atoms with Crippen molar-refractivity contribution in [2.75, 3.05) is 13.2 Å². The molecule has 1 aromatic rings. The molecule has 2 aliphatic rings. The number of hydrogen-bond donors (Lipinski definition) is 5. The van der Waals surface area contributed by atoms with Crippen LogP contribution in [0.4, 0.5) is 0 Å². The van der Waals surface area contributed by atoms with E-state index < -0.39 is 64.9 Å². The van der Waals surface area contributed by atoms with Crippen molar-refractivity contribution in [1.82, 2.24) is 0 Å². The molecule has 1 unspecified atom stereocenters. The Kier molecular flexibility index (Phi) is 7.54. The van der Waals surface area contributed by atoms with E-state index in [0.717, 1.165) is 5.56 Å². The quantitative estimate of drug-likeness (QED) is 0.362. The Balaban J connectivity index is 1.56. The normalized spacial score (nSPS) is 40.2. The zero-order chi connectivity index (χ0) is 20.3. The van der Waals surface area contributed by atoms with Gasteiger partial charge in [-0.3, -0.25) is 4.21 Å². The number of aliphatic hydroxyl groups excluding tert-OH is 5. The molecule has 0 aromatic heterocycles. The van der Waals surface area contributed by atoms with Crippen molar-refractivity contribution in [2.24, 2.45) is 0 Å². The maximum Gasteiger partial charge on any atom is 0.183 e. The van der Waals surface area contributed by atoms with Gasteiger partial charge in [0, 0.05) is 0 Å². The van der Waals surface area contributed by atoms with Crippen LogP contribution in [0.3, 0.4) is 0 Å². The first-order chi connectivity index (χ1) is 13.4. The molecule has 2 fully saturated rings. The lowest BCUT2D eigenvalue weighted by Gasteiger charge is -2.41. The molecular weight excluding hydrogens is 392 g/mol. The molecule has 3 rings (SSSR count). The Bertz CT molecular complexity index is 643. The third-order valence-electron chi connectivity index (χ3n) is 4.93. The Morgan fingerprint density at radius 2 is 1.79 bits per heavy atom. The predicted octanol–water partition coefficient (Wildman–Crippen LogP) is -1.77. The minimum Gasteiger partial charge on any atom is -0.394 e. The van der Waals surface area contributed by atoms with Gasteiger partial charge in [0.2, 0.25) is 0 Å². The first kappa shape index (κ1) is 21.8. The maximum atomic E-state index is 12.8. The summed E-state index contributed by atoms with van der Waals surface area (Å²) in [6.45, 7) is -0.348. The zero-order valence-electron chi connectivity index (χ0n) is 15.1. The highest BCUT2D eigenvalue weighted by molar-refractivity contribution is 7.86. The van der Waals surface area contributed by atoms with Gasteiger partial charge in [0.25, 0.3) is 0 Å². The van der Waals surface area contributed by atoms with Crippen molar-refractivity contribution < 1.29 is 44.0 Å². The van der Waals surface area contributed by atoms with Gasteiger partial charge in [0.15, 0.2) is 11.7 Å². The molecule has 2 aliphatic heterocycles. The minimum absolute atomic E-state index is 0.00184. The molecule has 0 amide bonds. The monoisotopic (exact) mass is 418 g/mol. The van der Waals surface area contributed by atoms with Gasteiger partial charge >= 0.3 is 0 Å². The molecule has 2 saturated heterocycles. The molecular formula is C18H26O9S. The number of rotatable bonds is 6. The molecule has 9 nitrogen and oxygen atoms in total. The summed E-state index contributed by atoms with van der Waals surface area (Å²) < 4.78 is 29.3. The molecule has 1 aromatic carbocycles. The summed E-state index contributed by atoms with van der Waals surface area (Å²) in [5.74, 6) is 0. The molecule has 0 saturated carbocycles. The Morgan fingerprint density at radius 1 is 1.07 bits per heavy atom. The highest BCUT2D eigenvalue weighted by atomic mass is 32.2. The van der Waals surface area contributed by atoms with E-state index in [1.807, 2.05) is 30.3 Å². The van der Waals surface area contributed by atoms with Crippen molar-refractivity contribution in [3.8, 4) is 0 Å². The Hall–Kier alpha value is -0.950. The number of aliphatic hydroxyl groups is 5. The Morgan fingerprint density at radius 3 is 2.43 bits per heavy atom. The molecule has 0 radical (unpaired) electrons. The van der Waals surface area contributed by atoms with Crippen LogP contribution in [0, 0.1) is 0 Å². The van der Waals surface area contributed by atoms with Crippen LogP contribution in [0.2, 0.25) is 0 Å². The van der Waals surface area contributed by atoms with E-state index in [1.54, 1.807) is 0 Å². The standard InChI is InChI=1S/C18H26O9S/c19-7-13-14(21)15(22)16(23)18(27-13)28(24)11-6-12(20)17(26-9-11)25-8-10-4-2-1-3-5-10/h1-5,11-23H,6-9H2/t11-,12-,13+,14-,15-,16+,17+,18-,28?/m0/s1. The fraction of sp³-hybridized carbons (Fsp3) is 0.667. The maximum absolute atomic E-state index is 12.8. The summed E-state index contributed by atoms with van der Waals surface area (Å²) in [6, 6.07) is 9.39. The van der Waals surface area contributed by atoms with Gasteiger partial charge in [-0.15, -0.1) is 0 Å². The molecule has 158 valence electrons. The van der Waals surface area contributed by atoms with Crippen LogP contribution in [-0.4, -0.2) is 90.5 Å². The van der Waals surface area contributed by atoms with Crippen molar-refractivity contribution in [3.63, 3.8) is 0 Å². The van der Waals surface area contributed by atoms with Crippen molar-refractivity contribution in [2.45, 2.75) is 60.5 Å². The number of hydrogen-bond acceptors (Lipinski definition) is 9. The van der Waals surface area contributed by atoms with Crippen LogP contribution in [0.1, 0.15) is 12.0 Å².